The van der Waals surface area contributed by atoms with Gasteiger partial charge in [0.25, 0.3) is 0 Å². The Balaban J connectivity index is 2.87. The summed E-state index contributed by atoms with van der Waals surface area (Å²) >= 11 is 3.28. The zero-order chi connectivity index (χ0) is 9.90. The van der Waals surface area contributed by atoms with Crippen LogP contribution >= 0.6 is 15.9 Å². The van der Waals surface area contributed by atoms with Crippen molar-refractivity contribution in [3.05, 3.63) is 28.5 Å². The van der Waals surface area contributed by atoms with Crippen LogP contribution in [-0.4, -0.2) is 14.9 Å². The Morgan fingerprint density at radius 1 is 1.62 bits per heavy atom. The van der Waals surface area contributed by atoms with Crippen molar-refractivity contribution in [2.24, 2.45) is 0 Å². The van der Waals surface area contributed by atoms with Crippen molar-refractivity contribution in [1.82, 2.24) is 4.98 Å². The molecule has 0 fully saturated rings. The Kier molecular flexibility index (Phi) is 3.44. The topological polar surface area (TPSA) is 53.8 Å². The summed E-state index contributed by atoms with van der Waals surface area (Å²) in [5, 5.41) is 0. The molecule has 0 spiro atoms. The summed E-state index contributed by atoms with van der Waals surface area (Å²) in [5.41, 5.74) is 0.844. The molecule has 3 nitrogen and oxygen atoms in total. The average Bonchev–Trinajstić information content (AvgIpc) is 2.03. The van der Waals surface area contributed by atoms with E-state index in [-0.39, 0.29) is 5.75 Å². The maximum Gasteiger partial charge on any atom is 0.0581 e. The molecular weight excluding hydrogens is 252 g/mol. The first-order chi connectivity index (χ1) is 6.03. The minimum Gasteiger partial charge on any atom is -0.263 e. The van der Waals surface area contributed by atoms with Crippen LogP contribution in [0.2, 0.25) is 0 Å². The van der Waals surface area contributed by atoms with E-state index in [1.165, 1.54) is 0 Å². The standard InChI is InChI=1S/C8H11BrN2OS/c1-2-13(10,12)6-7-3-8(9)5-11-4-7/h3-5,10H,2,6H2,1H3. The molecule has 0 radical (unpaired) electrons. The van der Waals surface area contributed by atoms with E-state index in [9.17, 15) is 4.21 Å². The van der Waals surface area contributed by atoms with Gasteiger partial charge >= 0.3 is 0 Å². The molecule has 1 N–H and O–H groups in total. The SMILES string of the molecule is CCS(=N)(=O)Cc1cncc(Br)c1. The van der Waals surface area contributed by atoms with E-state index in [2.05, 4.69) is 20.9 Å². The molecule has 1 heterocycles. The van der Waals surface area contributed by atoms with E-state index in [0.29, 0.717) is 5.75 Å². The van der Waals surface area contributed by atoms with Crippen molar-refractivity contribution in [1.29, 1.82) is 4.78 Å². The lowest BCUT2D eigenvalue weighted by Crippen LogP contribution is -2.04. The molecule has 1 unspecified atom stereocenters. The highest BCUT2D eigenvalue weighted by atomic mass is 79.9. The fourth-order valence-electron chi connectivity index (χ4n) is 0.906. The van der Waals surface area contributed by atoms with Gasteiger partial charge in [0, 0.05) is 32.3 Å². The van der Waals surface area contributed by atoms with E-state index in [4.69, 9.17) is 4.78 Å². The van der Waals surface area contributed by atoms with Crippen molar-refractivity contribution in [3.63, 3.8) is 0 Å². The molecule has 0 saturated heterocycles. The van der Waals surface area contributed by atoms with E-state index >= 15 is 0 Å². The average molecular weight is 263 g/mol. The Morgan fingerprint density at radius 2 is 2.31 bits per heavy atom. The molecular formula is C8H11BrN2OS. The van der Waals surface area contributed by atoms with Gasteiger partial charge in [0.1, 0.15) is 0 Å². The molecule has 0 aliphatic rings. The quantitative estimate of drug-likeness (QED) is 0.910. The van der Waals surface area contributed by atoms with Crippen LogP contribution in [0.3, 0.4) is 0 Å². The molecule has 1 aromatic heterocycles. The van der Waals surface area contributed by atoms with Gasteiger partial charge < -0.3 is 0 Å². The van der Waals surface area contributed by atoms with Crippen LogP contribution in [0.1, 0.15) is 12.5 Å². The molecule has 5 heteroatoms. The van der Waals surface area contributed by atoms with Gasteiger partial charge in [-0.2, -0.15) is 0 Å². The van der Waals surface area contributed by atoms with Crippen LogP contribution in [0.4, 0.5) is 0 Å². The van der Waals surface area contributed by atoms with E-state index in [1.54, 1.807) is 19.3 Å². The van der Waals surface area contributed by atoms with Crippen LogP contribution in [0.25, 0.3) is 0 Å². The highest BCUT2D eigenvalue weighted by Gasteiger charge is 2.05. The molecule has 0 aromatic carbocycles. The predicted molar refractivity (Wildman–Crippen MR) is 57.0 cm³/mol. The van der Waals surface area contributed by atoms with Crippen LogP contribution in [0.15, 0.2) is 22.9 Å². The van der Waals surface area contributed by atoms with Gasteiger partial charge in [0.05, 0.1) is 5.75 Å². The maximum atomic E-state index is 11.5. The normalized spacial score (nSPS) is 15.2. The molecule has 1 atom stereocenters. The summed E-state index contributed by atoms with van der Waals surface area (Å²) in [4.78, 5) is 3.95. The monoisotopic (exact) mass is 262 g/mol. The summed E-state index contributed by atoms with van der Waals surface area (Å²) in [6.45, 7) is 1.76. The third kappa shape index (κ3) is 3.44. The molecule has 0 aliphatic heterocycles. The van der Waals surface area contributed by atoms with Crippen molar-refractivity contribution in [2.75, 3.05) is 5.75 Å². The summed E-state index contributed by atoms with van der Waals surface area (Å²) in [7, 11) is -2.45. The predicted octanol–water partition coefficient (Wildman–Crippen LogP) is 2.41. The van der Waals surface area contributed by atoms with Crippen molar-refractivity contribution in [2.45, 2.75) is 12.7 Å². The third-order valence-electron chi connectivity index (χ3n) is 1.63. The summed E-state index contributed by atoms with van der Waals surface area (Å²) in [5.74, 6) is 0.676. The number of nitrogens with zero attached hydrogens (tertiary/aromatic N) is 1. The summed E-state index contributed by atoms with van der Waals surface area (Å²) in [6, 6.07) is 1.84. The van der Waals surface area contributed by atoms with E-state index < -0.39 is 9.73 Å². The van der Waals surface area contributed by atoms with Crippen molar-refractivity contribution in [3.8, 4) is 0 Å². The van der Waals surface area contributed by atoms with Crippen molar-refractivity contribution >= 4 is 25.7 Å². The third-order valence-corrected chi connectivity index (χ3v) is 3.79. The first-order valence-electron chi connectivity index (χ1n) is 3.87. The number of aromatic nitrogens is 1. The number of rotatable bonds is 3. The van der Waals surface area contributed by atoms with E-state index in [1.807, 2.05) is 6.07 Å². The first kappa shape index (κ1) is 10.7. The summed E-state index contributed by atoms with van der Waals surface area (Å²) < 4.78 is 19.8. The molecule has 0 amide bonds. The molecule has 13 heavy (non-hydrogen) atoms. The van der Waals surface area contributed by atoms with Gasteiger partial charge in [0.15, 0.2) is 0 Å². The van der Waals surface area contributed by atoms with Gasteiger partial charge in [-0.3, -0.25) is 9.76 Å². The largest absolute Gasteiger partial charge is 0.263 e. The second-order valence-electron chi connectivity index (χ2n) is 2.76. The molecule has 0 bridgehead atoms. The Bertz CT molecular complexity index is 389. The Labute approximate surface area is 86.7 Å². The number of nitrogens with one attached hydrogen (secondary N) is 1. The highest BCUT2D eigenvalue weighted by Crippen LogP contribution is 2.12. The zero-order valence-electron chi connectivity index (χ0n) is 7.29. The zero-order valence-corrected chi connectivity index (χ0v) is 9.69. The lowest BCUT2D eigenvalue weighted by Gasteiger charge is -2.03. The van der Waals surface area contributed by atoms with Gasteiger partial charge in [-0.1, -0.05) is 6.92 Å². The second kappa shape index (κ2) is 4.19. The molecule has 72 valence electrons. The van der Waals surface area contributed by atoms with Gasteiger partial charge in [-0.25, -0.2) is 4.21 Å². The van der Waals surface area contributed by atoms with Gasteiger partial charge in [-0.15, -0.1) is 0 Å². The fourth-order valence-corrected chi connectivity index (χ4v) is 2.22. The summed E-state index contributed by atoms with van der Waals surface area (Å²) in [6.07, 6.45) is 3.32. The van der Waals surface area contributed by atoms with Crippen LogP contribution < -0.4 is 0 Å². The minimum absolute atomic E-state index is 0.288. The number of halogens is 1. The lowest BCUT2D eigenvalue weighted by molar-refractivity contribution is 0.675. The van der Waals surface area contributed by atoms with Crippen LogP contribution in [0, 0.1) is 4.78 Å². The van der Waals surface area contributed by atoms with Gasteiger partial charge in [0.2, 0.25) is 0 Å². The van der Waals surface area contributed by atoms with Crippen LogP contribution in [0.5, 0.6) is 0 Å². The lowest BCUT2D eigenvalue weighted by atomic mass is 10.3. The Morgan fingerprint density at radius 3 is 2.85 bits per heavy atom. The molecule has 0 saturated carbocycles. The smallest absolute Gasteiger partial charge is 0.0581 e. The molecule has 0 aliphatic carbocycles. The fraction of sp³-hybridized carbons (Fsp3) is 0.375. The Hall–Kier alpha value is -0.420. The minimum atomic E-state index is -2.45. The maximum absolute atomic E-state index is 11.5. The second-order valence-corrected chi connectivity index (χ2v) is 6.16. The van der Waals surface area contributed by atoms with Gasteiger partial charge in [-0.05, 0) is 27.6 Å². The molecule has 1 rings (SSSR count). The number of hydrogen-bond donors (Lipinski definition) is 1. The van der Waals surface area contributed by atoms with E-state index in [0.717, 1.165) is 10.0 Å². The van der Waals surface area contributed by atoms with Crippen molar-refractivity contribution < 1.29 is 4.21 Å². The molecule has 1 aromatic rings. The number of pyridine rings is 1. The van der Waals surface area contributed by atoms with Crippen LogP contribution in [-0.2, 0) is 15.5 Å². The first-order valence-corrected chi connectivity index (χ1v) is 6.56. The highest BCUT2D eigenvalue weighted by molar-refractivity contribution is 9.10. The number of hydrogen-bond acceptors (Lipinski definition) is 3.